The number of hydrogen-bond acceptors (Lipinski definition) is 4. The molecule has 0 radical (unpaired) electrons. The molecule has 0 saturated carbocycles. The van der Waals surface area contributed by atoms with E-state index in [2.05, 4.69) is 5.11 Å². The predicted molar refractivity (Wildman–Crippen MR) is 36.7 cm³/mol. The summed E-state index contributed by atoms with van der Waals surface area (Å²) in [6, 6.07) is 2.53. The lowest BCUT2D eigenvalue weighted by Gasteiger charge is -1.96. The van der Waals surface area contributed by atoms with Gasteiger partial charge in [-0.25, -0.2) is 0 Å². The third kappa shape index (κ3) is 1.67. The monoisotopic (exact) mass is 164 g/mol. The maximum absolute atomic E-state index is 10.8. The van der Waals surface area contributed by atoms with Crippen molar-refractivity contribution in [2.75, 3.05) is 0 Å². The van der Waals surface area contributed by atoms with Crippen LogP contribution in [-0.4, -0.2) is 4.86 Å². The van der Waals surface area contributed by atoms with E-state index >= 15 is 0 Å². The van der Waals surface area contributed by atoms with Gasteiger partial charge in [0.05, 0.1) is 17.2 Å². The molecule has 12 heavy (non-hydrogen) atoms. The quantitative estimate of drug-likeness (QED) is 0.198. The van der Waals surface area contributed by atoms with Crippen LogP contribution in [-0.2, 0) is 0 Å². The lowest BCUT2D eigenvalue weighted by atomic mass is 10.4. The number of aromatic nitrogens is 1. The Labute approximate surface area is 67.8 Å². The van der Waals surface area contributed by atoms with Crippen LogP contribution in [0.1, 0.15) is 0 Å². The number of pyridine rings is 1. The fourth-order valence-corrected chi connectivity index (χ4v) is 0.631. The molecule has 0 amide bonds. The molecule has 1 rings (SSSR count). The zero-order valence-corrected chi connectivity index (χ0v) is 5.91. The molecule has 6 nitrogen and oxygen atoms in total. The molecule has 1 heterocycles. The number of nitriles is 1. The summed E-state index contributed by atoms with van der Waals surface area (Å²) in [5, 5.41) is 32.2. The zero-order chi connectivity index (χ0) is 8.97. The van der Waals surface area contributed by atoms with Crippen molar-refractivity contribution >= 4 is 5.69 Å². The highest BCUT2D eigenvalue weighted by atomic mass is 16.5. The molecule has 0 aliphatic carbocycles. The van der Waals surface area contributed by atoms with Crippen molar-refractivity contribution in [3.8, 4) is 6.19 Å². The molecule has 0 aliphatic rings. The molecule has 0 fully saturated rings. The molecule has 0 bridgehead atoms. The van der Waals surface area contributed by atoms with Crippen LogP contribution in [0, 0.1) is 21.9 Å². The Morgan fingerprint density at radius 1 is 1.50 bits per heavy atom. The molecule has 0 saturated heterocycles. The van der Waals surface area contributed by atoms with E-state index in [9.17, 15) is 10.4 Å². The molecule has 1 aromatic rings. The first-order chi connectivity index (χ1) is 5.74. The highest BCUT2D eigenvalue weighted by Gasteiger charge is 2.03. The Morgan fingerprint density at radius 3 is 2.58 bits per heavy atom. The smallest absolute Gasteiger partial charge is 0.274 e. The lowest BCUT2D eigenvalue weighted by molar-refractivity contribution is -0.606. The maximum Gasteiger partial charge on any atom is 0.274 e. The van der Waals surface area contributed by atoms with Crippen LogP contribution in [0.15, 0.2) is 29.6 Å². The first-order valence-corrected chi connectivity index (χ1v) is 3.00. The SMILES string of the molecule is N#CN=[N+]([O-])c1cc[n+]([O-])cc1. The fraction of sp³-hybridized carbons (Fsp3) is 0. The molecule has 0 aromatic carbocycles. The van der Waals surface area contributed by atoms with E-state index in [0.717, 1.165) is 12.4 Å². The van der Waals surface area contributed by atoms with E-state index in [-0.39, 0.29) is 10.5 Å². The van der Waals surface area contributed by atoms with E-state index in [1.807, 2.05) is 0 Å². The van der Waals surface area contributed by atoms with Crippen LogP contribution in [0.5, 0.6) is 0 Å². The van der Waals surface area contributed by atoms with Crippen molar-refractivity contribution in [1.82, 2.24) is 0 Å². The Bertz CT molecular complexity index is 338. The molecule has 0 unspecified atom stereocenters. The van der Waals surface area contributed by atoms with Crippen LogP contribution in [0.3, 0.4) is 0 Å². The normalized spacial score (nSPS) is 10.8. The molecular formula is C6H4N4O2. The third-order valence-electron chi connectivity index (χ3n) is 1.14. The Balaban J connectivity index is 2.99. The summed E-state index contributed by atoms with van der Waals surface area (Å²) in [6.45, 7) is 0. The van der Waals surface area contributed by atoms with Crippen LogP contribution in [0.25, 0.3) is 0 Å². The van der Waals surface area contributed by atoms with Crippen molar-refractivity contribution in [3.05, 3.63) is 34.9 Å². The fourth-order valence-electron chi connectivity index (χ4n) is 0.631. The second-order valence-corrected chi connectivity index (χ2v) is 1.89. The second-order valence-electron chi connectivity index (χ2n) is 1.89. The van der Waals surface area contributed by atoms with Gasteiger partial charge in [0.2, 0.25) is 0 Å². The van der Waals surface area contributed by atoms with E-state index < -0.39 is 0 Å². The Morgan fingerprint density at radius 2 is 2.08 bits per heavy atom. The highest BCUT2D eigenvalue weighted by Crippen LogP contribution is 2.06. The first kappa shape index (κ1) is 7.94. The Kier molecular flexibility index (Phi) is 2.18. The molecule has 0 atom stereocenters. The van der Waals surface area contributed by atoms with Crippen molar-refractivity contribution in [3.63, 3.8) is 0 Å². The van der Waals surface area contributed by atoms with Crippen LogP contribution in [0.4, 0.5) is 5.69 Å². The van der Waals surface area contributed by atoms with Gasteiger partial charge in [0.1, 0.15) is 0 Å². The van der Waals surface area contributed by atoms with Crippen molar-refractivity contribution < 1.29 is 9.59 Å². The van der Waals surface area contributed by atoms with Crippen LogP contribution < -0.4 is 4.73 Å². The van der Waals surface area contributed by atoms with Gasteiger partial charge >= 0.3 is 0 Å². The van der Waals surface area contributed by atoms with Gasteiger partial charge in [0.15, 0.2) is 12.4 Å². The van der Waals surface area contributed by atoms with Gasteiger partial charge in [0, 0.05) is 0 Å². The van der Waals surface area contributed by atoms with Gasteiger partial charge in [-0.3, -0.25) is 0 Å². The van der Waals surface area contributed by atoms with Gasteiger partial charge in [-0.1, -0.05) is 0 Å². The second kappa shape index (κ2) is 3.30. The summed E-state index contributed by atoms with van der Waals surface area (Å²) < 4.78 is 0.531. The number of azo groups is 1. The van der Waals surface area contributed by atoms with E-state index in [1.165, 1.54) is 18.3 Å². The van der Waals surface area contributed by atoms with Gasteiger partial charge < -0.3 is 10.4 Å². The minimum absolute atomic E-state index is 0.139. The number of nitrogens with zero attached hydrogens (tertiary/aromatic N) is 4. The molecular weight excluding hydrogens is 160 g/mol. The van der Waals surface area contributed by atoms with Crippen molar-refractivity contribution in [2.24, 2.45) is 5.11 Å². The largest absolute Gasteiger partial charge is 0.619 e. The molecule has 0 aliphatic heterocycles. The summed E-state index contributed by atoms with van der Waals surface area (Å²) in [4.78, 5) is 0.139. The van der Waals surface area contributed by atoms with Gasteiger partial charge in [0.25, 0.3) is 11.9 Å². The number of rotatable bonds is 1. The van der Waals surface area contributed by atoms with Crippen molar-refractivity contribution in [1.29, 1.82) is 5.26 Å². The molecule has 0 spiro atoms. The minimum Gasteiger partial charge on any atom is -0.619 e. The first-order valence-electron chi connectivity index (χ1n) is 3.00. The third-order valence-corrected chi connectivity index (χ3v) is 1.14. The number of hydrogen-bond donors (Lipinski definition) is 0. The Hall–Kier alpha value is -2.16. The summed E-state index contributed by atoms with van der Waals surface area (Å²) in [6.07, 6.45) is 3.63. The highest BCUT2D eigenvalue weighted by molar-refractivity contribution is 5.23. The van der Waals surface area contributed by atoms with Crippen molar-refractivity contribution in [2.45, 2.75) is 0 Å². The average molecular weight is 164 g/mol. The topological polar surface area (TPSA) is 89.2 Å². The average Bonchev–Trinajstić information content (AvgIpc) is 2.06. The van der Waals surface area contributed by atoms with Gasteiger partial charge in [-0.2, -0.15) is 9.99 Å². The van der Waals surface area contributed by atoms with E-state index in [1.54, 1.807) is 0 Å². The molecule has 6 heteroatoms. The summed E-state index contributed by atoms with van der Waals surface area (Å²) >= 11 is 0. The molecule has 1 aromatic heterocycles. The molecule has 60 valence electrons. The standard InChI is InChI=1S/C6H4N4O2/c7-5-8-10(12)6-1-3-9(11)4-2-6/h1-4H. The van der Waals surface area contributed by atoms with E-state index in [4.69, 9.17) is 5.26 Å². The maximum atomic E-state index is 10.8. The minimum atomic E-state index is 0.139. The zero-order valence-electron chi connectivity index (χ0n) is 5.91. The van der Waals surface area contributed by atoms with Gasteiger partial charge in [-0.15, -0.1) is 0 Å². The summed E-state index contributed by atoms with van der Waals surface area (Å²) in [7, 11) is 0. The van der Waals surface area contributed by atoms with Gasteiger partial charge in [-0.05, 0) is 4.86 Å². The lowest BCUT2D eigenvalue weighted by Crippen LogP contribution is -2.23. The summed E-state index contributed by atoms with van der Waals surface area (Å²) in [5.41, 5.74) is 0.142. The predicted octanol–water partition coefficient (Wildman–Crippen LogP) is 0.395. The summed E-state index contributed by atoms with van der Waals surface area (Å²) in [5.74, 6) is 0. The van der Waals surface area contributed by atoms with Crippen LogP contribution in [0.2, 0.25) is 0 Å². The van der Waals surface area contributed by atoms with E-state index in [0.29, 0.717) is 4.73 Å². The molecule has 0 N–H and O–H groups in total. The van der Waals surface area contributed by atoms with Crippen LogP contribution >= 0.6 is 0 Å².